The summed E-state index contributed by atoms with van der Waals surface area (Å²) in [6.07, 6.45) is 10.0. The van der Waals surface area contributed by atoms with E-state index >= 15 is 0 Å². The molecule has 0 aliphatic carbocycles. The standard InChI is InChI=1S/C14H17O/c1-2-3-4-5-6-7-8-9-10-11-12-13-14-15/h2-8H2,1H3. The van der Waals surface area contributed by atoms with Crippen molar-refractivity contribution in [3.05, 3.63) is 0 Å². The number of hydrogen-bond acceptors (Lipinski definition) is 0. The van der Waals surface area contributed by atoms with Gasteiger partial charge in [0.25, 0.3) is 0 Å². The second-order valence-electron chi connectivity index (χ2n) is 3.30. The maximum absolute atomic E-state index is 9.68. The van der Waals surface area contributed by atoms with Crippen molar-refractivity contribution in [3.63, 3.8) is 0 Å². The lowest BCUT2D eigenvalue weighted by atomic mass is 10.1. The van der Waals surface area contributed by atoms with E-state index < -0.39 is 0 Å². The van der Waals surface area contributed by atoms with Crippen LogP contribution in [0.4, 0.5) is 0 Å². The van der Waals surface area contributed by atoms with Crippen molar-refractivity contribution in [2.45, 2.75) is 51.9 Å². The molecule has 79 valence electrons. The first-order valence-corrected chi connectivity index (χ1v) is 5.51. The van der Waals surface area contributed by atoms with E-state index in [1.54, 1.807) is 0 Å². The Bertz CT molecular complexity index is 308. The van der Waals surface area contributed by atoms with Crippen LogP contribution in [0.2, 0.25) is 0 Å². The Kier molecular flexibility index (Phi) is 11.2. The summed E-state index contributed by atoms with van der Waals surface area (Å²) in [6, 6.07) is 0. The van der Waals surface area contributed by atoms with E-state index in [2.05, 4.69) is 36.5 Å². The SMILES string of the molecule is CCCCCCCCC#CC#CC#C[O]. The van der Waals surface area contributed by atoms with Gasteiger partial charge in [0.1, 0.15) is 0 Å². The summed E-state index contributed by atoms with van der Waals surface area (Å²) in [5.74, 6) is 12.6. The zero-order valence-electron chi connectivity index (χ0n) is 9.36. The lowest BCUT2D eigenvalue weighted by Gasteiger charge is -1.96. The van der Waals surface area contributed by atoms with E-state index in [0.29, 0.717) is 0 Å². The fourth-order valence-electron chi connectivity index (χ4n) is 1.19. The zero-order chi connectivity index (χ0) is 11.2. The van der Waals surface area contributed by atoms with Crippen LogP contribution < -0.4 is 0 Å². The molecule has 0 atom stereocenters. The molecule has 0 aromatic rings. The van der Waals surface area contributed by atoms with Crippen molar-refractivity contribution < 1.29 is 5.11 Å². The van der Waals surface area contributed by atoms with E-state index in [-0.39, 0.29) is 0 Å². The van der Waals surface area contributed by atoms with Crippen LogP contribution in [0.25, 0.3) is 0 Å². The first-order chi connectivity index (χ1) is 7.41. The molecular weight excluding hydrogens is 184 g/mol. The molecule has 1 radical (unpaired) electrons. The van der Waals surface area contributed by atoms with Gasteiger partial charge in [-0.05, 0) is 18.3 Å². The molecule has 0 amide bonds. The number of unbranched alkanes of at least 4 members (excludes halogenated alkanes) is 6. The van der Waals surface area contributed by atoms with E-state index in [1.807, 2.05) is 0 Å². The highest BCUT2D eigenvalue weighted by Gasteiger charge is 1.87. The van der Waals surface area contributed by atoms with Crippen molar-refractivity contribution in [3.8, 4) is 35.7 Å². The van der Waals surface area contributed by atoms with E-state index in [1.165, 1.54) is 38.2 Å². The molecule has 1 heteroatoms. The minimum atomic E-state index is 0.894. The smallest absolute Gasteiger partial charge is 0.186 e. The quantitative estimate of drug-likeness (QED) is 0.465. The molecule has 0 saturated heterocycles. The summed E-state index contributed by atoms with van der Waals surface area (Å²) in [4.78, 5) is 0. The average molecular weight is 201 g/mol. The van der Waals surface area contributed by atoms with Crippen molar-refractivity contribution in [2.75, 3.05) is 0 Å². The summed E-state index contributed by atoms with van der Waals surface area (Å²) >= 11 is 0. The minimum Gasteiger partial charge on any atom is -0.223 e. The zero-order valence-corrected chi connectivity index (χ0v) is 9.36. The minimum absolute atomic E-state index is 0.894. The van der Waals surface area contributed by atoms with Crippen LogP contribution in [0.1, 0.15) is 51.9 Å². The first-order valence-electron chi connectivity index (χ1n) is 5.51. The van der Waals surface area contributed by atoms with Gasteiger partial charge in [0.2, 0.25) is 0 Å². The van der Waals surface area contributed by atoms with E-state index in [4.69, 9.17) is 0 Å². The summed E-state index contributed by atoms with van der Waals surface area (Å²) in [5.41, 5.74) is 0. The molecule has 0 saturated carbocycles. The lowest BCUT2D eigenvalue weighted by molar-refractivity contribution is 0.392. The highest BCUT2D eigenvalue weighted by Crippen LogP contribution is 2.05. The summed E-state index contributed by atoms with van der Waals surface area (Å²) < 4.78 is 0. The monoisotopic (exact) mass is 201 g/mol. The molecule has 0 rings (SSSR count). The summed E-state index contributed by atoms with van der Waals surface area (Å²) in [6.45, 7) is 2.22. The predicted octanol–water partition coefficient (Wildman–Crippen LogP) is 3.14. The van der Waals surface area contributed by atoms with Gasteiger partial charge in [0.05, 0.1) is 0 Å². The van der Waals surface area contributed by atoms with Crippen LogP contribution in [0.15, 0.2) is 0 Å². The highest BCUT2D eigenvalue weighted by atomic mass is 16.2. The molecule has 0 aliphatic rings. The molecule has 0 N–H and O–H groups in total. The first kappa shape index (κ1) is 13.5. The van der Waals surface area contributed by atoms with Crippen LogP contribution in [0, 0.1) is 35.7 Å². The van der Waals surface area contributed by atoms with E-state index in [0.717, 1.165) is 12.8 Å². The van der Waals surface area contributed by atoms with Crippen molar-refractivity contribution in [1.82, 2.24) is 0 Å². The normalized spacial score (nSPS) is 7.53. The Labute approximate surface area is 93.3 Å². The summed E-state index contributed by atoms with van der Waals surface area (Å²) in [7, 11) is 0. The Hall–Kier alpha value is -1.52. The van der Waals surface area contributed by atoms with Gasteiger partial charge in [-0.15, -0.1) is 0 Å². The molecule has 0 heterocycles. The third kappa shape index (κ3) is 12.5. The van der Waals surface area contributed by atoms with Gasteiger partial charge in [-0.25, -0.2) is 5.11 Å². The molecule has 0 unspecified atom stereocenters. The fourth-order valence-corrected chi connectivity index (χ4v) is 1.19. The van der Waals surface area contributed by atoms with Crippen LogP contribution in [-0.4, -0.2) is 0 Å². The maximum Gasteiger partial charge on any atom is 0.186 e. The molecule has 0 aromatic carbocycles. The Balaban J connectivity index is 3.30. The summed E-state index contributed by atoms with van der Waals surface area (Å²) in [5, 5.41) is 9.68. The second kappa shape index (κ2) is 12.5. The highest BCUT2D eigenvalue weighted by molar-refractivity contribution is 5.34. The molecule has 0 bridgehead atoms. The van der Waals surface area contributed by atoms with Crippen LogP contribution in [0.5, 0.6) is 0 Å². The molecule has 15 heavy (non-hydrogen) atoms. The second-order valence-corrected chi connectivity index (χ2v) is 3.30. The molecule has 0 aromatic heterocycles. The largest absolute Gasteiger partial charge is 0.223 e. The third-order valence-corrected chi connectivity index (χ3v) is 1.98. The molecular formula is C14H17O. The Morgan fingerprint density at radius 1 is 0.800 bits per heavy atom. The van der Waals surface area contributed by atoms with Crippen LogP contribution >= 0.6 is 0 Å². The topological polar surface area (TPSA) is 19.9 Å². The molecule has 1 nitrogen and oxygen atoms in total. The van der Waals surface area contributed by atoms with Gasteiger partial charge < -0.3 is 0 Å². The fraction of sp³-hybridized carbons (Fsp3) is 0.571. The van der Waals surface area contributed by atoms with Gasteiger partial charge in [-0.2, -0.15) is 0 Å². The Morgan fingerprint density at radius 3 is 2.20 bits per heavy atom. The van der Waals surface area contributed by atoms with Gasteiger partial charge in [0, 0.05) is 18.3 Å². The maximum atomic E-state index is 9.68. The number of rotatable bonds is 6. The average Bonchev–Trinajstić information content (AvgIpc) is 2.26. The van der Waals surface area contributed by atoms with Gasteiger partial charge in [-0.1, -0.05) is 44.9 Å². The van der Waals surface area contributed by atoms with Crippen LogP contribution in [0.3, 0.4) is 0 Å². The van der Waals surface area contributed by atoms with Crippen molar-refractivity contribution in [1.29, 1.82) is 0 Å². The predicted molar refractivity (Wildman–Crippen MR) is 62.0 cm³/mol. The Morgan fingerprint density at radius 2 is 1.47 bits per heavy atom. The van der Waals surface area contributed by atoms with Gasteiger partial charge in [-0.3, -0.25) is 0 Å². The molecule has 0 fully saturated rings. The third-order valence-electron chi connectivity index (χ3n) is 1.98. The number of hydrogen-bond donors (Lipinski definition) is 0. The van der Waals surface area contributed by atoms with Gasteiger partial charge >= 0.3 is 0 Å². The van der Waals surface area contributed by atoms with E-state index in [9.17, 15) is 5.11 Å². The van der Waals surface area contributed by atoms with Gasteiger partial charge in [0.15, 0.2) is 6.11 Å². The molecule has 0 spiro atoms. The van der Waals surface area contributed by atoms with Crippen molar-refractivity contribution >= 4 is 0 Å². The lowest BCUT2D eigenvalue weighted by Crippen LogP contribution is -1.77. The molecule has 0 aliphatic heterocycles. The van der Waals surface area contributed by atoms with Crippen LogP contribution in [-0.2, 0) is 5.11 Å². The van der Waals surface area contributed by atoms with Crippen molar-refractivity contribution in [2.24, 2.45) is 0 Å².